The molecule has 0 radical (unpaired) electrons. The fourth-order valence-corrected chi connectivity index (χ4v) is 2.30. The zero-order valence-corrected chi connectivity index (χ0v) is 12.0. The van der Waals surface area contributed by atoms with Gasteiger partial charge in [0.1, 0.15) is 0 Å². The fourth-order valence-electron chi connectivity index (χ4n) is 2.30. The van der Waals surface area contributed by atoms with Crippen molar-refractivity contribution >= 4 is 22.8 Å². The number of rotatable bonds is 3. The number of carbonyl (C=O) groups is 2. The summed E-state index contributed by atoms with van der Waals surface area (Å²) in [6.45, 7) is 1.79. The number of fused-ring (bicyclic) bond motifs is 1. The summed E-state index contributed by atoms with van der Waals surface area (Å²) in [6.07, 6.45) is 1.39. The van der Waals surface area contributed by atoms with Crippen LogP contribution in [0.1, 0.15) is 17.0 Å². The molecule has 0 unspecified atom stereocenters. The van der Waals surface area contributed by atoms with Crippen LogP contribution in [0.2, 0.25) is 0 Å². The van der Waals surface area contributed by atoms with Crippen LogP contribution >= 0.6 is 0 Å². The Kier molecular flexibility index (Phi) is 4.07. The molecule has 0 saturated carbocycles. The summed E-state index contributed by atoms with van der Waals surface area (Å²) < 4.78 is 9.95. The lowest BCUT2D eigenvalue weighted by Crippen LogP contribution is -2.32. The van der Waals surface area contributed by atoms with E-state index in [0.29, 0.717) is 10.1 Å². The average Bonchev–Trinajstić information content (AvgIpc) is 2.46. The second-order valence-corrected chi connectivity index (χ2v) is 4.61. The van der Waals surface area contributed by atoms with E-state index in [-0.39, 0.29) is 11.1 Å². The van der Waals surface area contributed by atoms with E-state index in [0.717, 1.165) is 5.56 Å². The third-order valence-corrected chi connectivity index (χ3v) is 3.21. The number of ether oxygens (including phenoxy) is 2. The summed E-state index contributed by atoms with van der Waals surface area (Å²) in [6, 6.07) is 6.77. The molecule has 0 saturated heterocycles. The highest BCUT2D eigenvalue weighted by molar-refractivity contribution is 6.03. The van der Waals surface area contributed by atoms with Gasteiger partial charge in [-0.2, -0.15) is 4.73 Å². The fraction of sp³-hybridized carbons (Fsp3) is 0.267. The van der Waals surface area contributed by atoms with Crippen molar-refractivity contribution in [2.45, 2.75) is 12.8 Å². The van der Waals surface area contributed by atoms with Crippen LogP contribution in [-0.2, 0) is 19.1 Å². The van der Waals surface area contributed by atoms with Crippen molar-refractivity contribution in [3.63, 3.8) is 0 Å². The zero-order chi connectivity index (χ0) is 15.6. The maximum atomic E-state index is 12.2. The molecule has 0 aliphatic heterocycles. The number of para-hydroxylation sites is 1. The normalized spacial score (nSPS) is 10.7. The lowest BCUT2D eigenvalue weighted by molar-refractivity contribution is -0.577. The van der Waals surface area contributed by atoms with E-state index in [4.69, 9.17) is 0 Å². The van der Waals surface area contributed by atoms with E-state index in [9.17, 15) is 14.8 Å². The topological polar surface area (TPSA) is 79.5 Å². The first kappa shape index (κ1) is 14.8. The largest absolute Gasteiger partial charge is 0.618 e. The first-order valence-corrected chi connectivity index (χ1v) is 6.27. The maximum Gasteiger partial charge on any atom is 0.324 e. The molecule has 0 atom stereocenters. The third kappa shape index (κ3) is 2.65. The summed E-state index contributed by atoms with van der Waals surface area (Å²) in [5.41, 5.74) is 1.30. The van der Waals surface area contributed by atoms with Crippen molar-refractivity contribution in [3.05, 3.63) is 46.8 Å². The quantitative estimate of drug-likeness (QED) is 0.367. The Morgan fingerprint density at radius 3 is 2.38 bits per heavy atom. The van der Waals surface area contributed by atoms with Crippen molar-refractivity contribution in [1.29, 1.82) is 0 Å². The number of aromatic nitrogens is 1. The SMILES string of the molecule is COC(=O)C(C(=O)OC)c1cccc2cc(C)c[n+]([O-])c12. The van der Waals surface area contributed by atoms with Gasteiger partial charge in [0, 0.05) is 10.9 Å². The van der Waals surface area contributed by atoms with Crippen LogP contribution in [0, 0.1) is 12.1 Å². The number of carbonyl (C=O) groups excluding carboxylic acids is 2. The van der Waals surface area contributed by atoms with Gasteiger partial charge in [0.2, 0.25) is 5.52 Å². The van der Waals surface area contributed by atoms with E-state index < -0.39 is 17.9 Å². The van der Waals surface area contributed by atoms with Gasteiger partial charge in [-0.25, -0.2) is 0 Å². The first-order chi connectivity index (χ1) is 9.99. The Morgan fingerprint density at radius 1 is 1.19 bits per heavy atom. The molecule has 21 heavy (non-hydrogen) atoms. The molecule has 2 aromatic rings. The zero-order valence-electron chi connectivity index (χ0n) is 12.0. The summed E-state index contributed by atoms with van der Waals surface area (Å²) >= 11 is 0. The van der Waals surface area contributed by atoms with Crippen LogP contribution in [0.5, 0.6) is 0 Å². The molecule has 6 heteroatoms. The molecule has 1 aromatic carbocycles. The highest BCUT2D eigenvalue weighted by Crippen LogP contribution is 2.26. The molecule has 0 aliphatic carbocycles. The van der Waals surface area contributed by atoms with Crippen LogP contribution in [0.25, 0.3) is 10.9 Å². The van der Waals surface area contributed by atoms with E-state index in [1.807, 2.05) is 0 Å². The lowest BCUT2D eigenvalue weighted by Gasteiger charge is -2.14. The van der Waals surface area contributed by atoms with E-state index in [1.54, 1.807) is 31.2 Å². The Balaban J connectivity index is 2.74. The van der Waals surface area contributed by atoms with Gasteiger partial charge < -0.3 is 14.7 Å². The Labute approximate surface area is 121 Å². The number of benzene rings is 1. The molecule has 2 rings (SSSR count). The van der Waals surface area contributed by atoms with Gasteiger partial charge in [0.25, 0.3) is 0 Å². The highest BCUT2D eigenvalue weighted by atomic mass is 16.5. The summed E-state index contributed by atoms with van der Waals surface area (Å²) in [5.74, 6) is -2.82. The Hall–Kier alpha value is -2.63. The molecule has 0 fully saturated rings. The minimum atomic E-state index is -1.29. The summed E-state index contributed by atoms with van der Waals surface area (Å²) in [7, 11) is 2.36. The predicted molar refractivity (Wildman–Crippen MR) is 74.4 cm³/mol. The van der Waals surface area contributed by atoms with Crippen LogP contribution in [0.4, 0.5) is 0 Å². The van der Waals surface area contributed by atoms with Crippen molar-refractivity contribution in [2.75, 3.05) is 14.2 Å². The number of aryl methyl sites for hydroxylation is 1. The number of hydrogen-bond donors (Lipinski definition) is 0. The Bertz CT molecular complexity index is 695. The number of esters is 2. The van der Waals surface area contributed by atoms with Gasteiger partial charge in [-0.3, -0.25) is 9.59 Å². The van der Waals surface area contributed by atoms with E-state index in [2.05, 4.69) is 9.47 Å². The minimum Gasteiger partial charge on any atom is -0.618 e. The van der Waals surface area contributed by atoms with Crippen LogP contribution < -0.4 is 4.73 Å². The van der Waals surface area contributed by atoms with Crippen LogP contribution in [0.3, 0.4) is 0 Å². The highest BCUT2D eigenvalue weighted by Gasteiger charge is 2.34. The van der Waals surface area contributed by atoms with Crippen LogP contribution in [-0.4, -0.2) is 26.2 Å². The molecule has 0 N–H and O–H groups in total. The van der Waals surface area contributed by atoms with Gasteiger partial charge in [0.05, 0.1) is 19.8 Å². The standard InChI is InChI=1S/C15H15NO5/c1-9-7-10-5-4-6-11(13(10)16(19)8-9)12(14(17)20-2)15(18)21-3/h4-8,12H,1-3H3. The van der Waals surface area contributed by atoms with E-state index >= 15 is 0 Å². The minimum absolute atomic E-state index is 0.254. The van der Waals surface area contributed by atoms with Crippen molar-refractivity contribution in [1.82, 2.24) is 0 Å². The second kappa shape index (κ2) is 5.78. The first-order valence-electron chi connectivity index (χ1n) is 6.27. The van der Waals surface area contributed by atoms with Crippen LogP contribution in [0.15, 0.2) is 30.5 Å². The van der Waals surface area contributed by atoms with Gasteiger partial charge in [-0.1, -0.05) is 12.1 Å². The summed E-state index contributed by atoms with van der Waals surface area (Å²) in [5, 5.41) is 12.8. The average molecular weight is 289 g/mol. The number of pyridine rings is 1. The predicted octanol–water partition coefficient (Wildman–Crippen LogP) is 1.21. The molecule has 0 amide bonds. The third-order valence-electron chi connectivity index (χ3n) is 3.21. The van der Waals surface area contributed by atoms with Crippen molar-refractivity contribution in [2.24, 2.45) is 0 Å². The van der Waals surface area contributed by atoms with Gasteiger partial charge in [-0.15, -0.1) is 0 Å². The molecular weight excluding hydrogens is 274 g/mol. The Morgan fingerprint density at radius 2 is 1.81 bits per heavy atom. The maximum absolute atomic E-state index is 12.2. The number of nitrogens with zero attached hydrogens (tertiary/aromatic N) is 1. The van der Waals surface area contributed by atoms with Crippen molar-refractivity contribution < 1.29 is 23.8 Å². The lowest BCUT2D eigenvalue weighted by atomic mass is 9.96. The van der Waals surface area contributed by atoms with E-state index in [1.165, 1.54) is 20.4 Å². The molecule has 0 spiro atoms. The number of methoxy groups -OCH3 is 2. The molecule has 6 nitrogen and oxygen atoms in total. The molecule has 0 aliphatic rings. The molecule has 110 valence electrons. The second-order valence-electron chi connectivity index (χ2n) is 4.61. The molecule has 1 aromatic heterocycles. The molecule has 0 bridgehead atoms. The smallest absolute Gasteiger partial charge is 0.324 e. The van der Waals surface area contributed by atoms with Gasteiger partial charge >= 0.3 is 11.9 Å². The van der Waals surface area contributed by atoms with Crippen molar-refractivity contribution in [3.8, 4) is 0 Å². The number of hydrogen-bond acceptors (Lipinski definition) is 5. The van der Waals surface area contributed by atoms with Gasteiger partial charge in [0.15, 0.2) is 12.1 Å². The molecule has 1 heterocycles. The summed E-state index contributed by atoms with van der Waals surface area (Å²) in [4.78, 5) is 23.8. The molecular formula is C15H15NO5. The monoisotopic (exact) mass is 289 g/mol. The van der Waals surface area contributed by atoms with Gasteiger partial charge in [-0.05, 0) is 19.1 Å².